The van der Waals surface area contributed by atoms with Crippen molar-refractivity contribution in [3.05, 3.63) is 59.7 Å². The molecule has 0 bridgehead atoms. The Labute approximate surface area is 187 Å². The first-order valence-electron chi connectivity index (χ1n) is 10.7. The Morgan fingerprint density at radius 1 is 1.06 bits per heavy atom. The van der Waals surface area contributed by atoms with Crippen LogP contribution in [0.3, 0.4) is 0 Å². The number of carbonyl (C=O) groups is 3. The van der Waals surface area contributed by atoms with Gasteiger partial charge >= 0.3 is 12.1 Å². The number of benzene rings is 2. The van der Waals surface area contributed by atoms with Gasteiger partial charge in [-0.05, 0) is 35.8 Å². The van der Waals surface area contributed by atoms with Crippen LogP contribution in [0.25, 0.3) is 11.1 Å². The molecule has 1 aliphatic rings. The second-order valence-electron chi connectivity index (χ2n) is 7.81. The van der Waals surface area contributed by atoms with Gasteiger partial charge < -0.3 is 25.4 Å². The molecule has 0 spiro atoms. The van der Waals surface area contributed by atoms with Gasteiger partial charge in [-0.3, -0.25) is 9.59 Å². The first kappa shape index (κ1) is 23.3. The normalized spacial score (nSPS) is 13.2. The third-order valence-electron chi connectivity index (χ3n) is 5.66. The van der Waals surface area contributed by atoms with E-state index in [0.717, 1.165) is 28.8 Å². The van der Waals surface area contributed by atoms with Crippen molar-refractivity contribution in [3.63, 3.8) is 0 Å². The van der Waals surface area contributed by atoms with Gasteiger partial charge in [0.2, 0.25) is 5.91 Å². The average molecular weight is 440 g/mol. The van der Waals surface area contributed by atoms with E-state index in [0.29, 0.717) is 13.1 Å². The van der Waals surface area contributed by atoms with Crippen LogP contribution in [0.1, 0.15) is 30.4 Å². The summed E-state index contributed by atoms with van der Waals surface area (Å²) in [6, 6.07) is 14.7. The van der Waals surface area contributed by atoms with Crippen molar-refractivity contribution in [2.45, 2.75) is 25.3 Å². The molecule has 0 radical (unpaired) electrons. The van der Waals surface area contributed by atoms with Gasteiger partial charge in [0.25, 0.3) is 0 Å². The minimum absolute atomic E-state index is 0.0859. The second kappa shape index (κ2) is 10.8. The molecular weight excluding hydrogens is 410 g/mol. The van der Waals surface area contributed by atoms with Crippen LogP contribution in [0.4, 0.5) is 4.79 Å². The predicted octanol–water partition coefficient (Wildman–Crippen LogP) is 2.44. The Morgan fingerprint density at radius 2 is 1.66 bits per heavy atom. The van der Waals surface area contributed by atoms with Gasteiger partial charge in [0.05, 0.1) is 6.42 Å². The Balaban J connectivity index is 1.60. The molecular formula is C24H29N3O5. The van der Waals surface area contributed by atoms with Crippen LogP contribution in [0.5, 0.6) is 0 Å². The van der Waals surface area contributed by atoms with Gasteiger partial charge in [-0.1, -0.05) is 55.5 Å². The monoisotopic (exact) mass is 439 g/mol. The van der Waals surface area contributed by atoms with Crippen LogP contribution in [0, 0.1) is 0 Å². The van der Waals surface area contributed by atoms with Crippen molar-refractivity contribution in [3.8, 4) is 11.1 Å². The number of hydrogen-bond donors (Lipinski definition) is 3. The Morgan fingerprint density at radius 3 is 2.22 bits per heavy atom. The molecule has 8 heteroatoms. The lowest BCUT2D eigenvalue weighted by atomic mass is 9.98. The van der Waals surface area contributed by atoms with E-state index < -0.39 is 30.4 Å². The van der Waals surface area contributed by atoms with E-state index in [1.54, 1.807) is 0 Å². The quantitative estimate of drug-likeness (QED) is 0.525. The summed E-state index contributed by atoms with van der Waals surface area (Å²) in [6.45, 7) is 3.88. The highest BCUT2D eigenvalue weighted by molar-refractivity contribution is 5.89. The molecule has 2 aromatic rings. The van der Waals surface area contributed by atoms with Crippen LogP contribution in [-0.4, -0.2) is 67.3 Å². The molecule has 170 valence electrons. The molecule has 1 aliphatic carbocycles. The number of carboxylic acids is 1. The number of hydrogen-bond acceptors (Lipinski definition) is 5. The lowest BCUT2D eigenvalue weighted by Crippen LogP contribution is -2.49. The molecule has 8 nitrogen and oxygen atoms in total. The maximum atomic E-state index is 12.4. The number of amides is 2. The standard InChI is InChI=1S/C24H29N3O5/c1-3-27(2)13-12-25-23(30)21(14-22(28)29)26-24(31)32-15-20-18-10-6-4-8-16(18)17-9-5-7-11-19(17)20/h4-11,20-21H,3,12-15H2,1-2H3,(H,25,30)(H,26,31)(H,28,29). The maximum absolute atomic E-state index is 12.4. The summed E-state index contributed by atoms with van der Waals surface area (Å²) in [5.74, 6) is -1.86. The van der Waals surface area contributed by atoms with Gasteiger partial charge in [0, 0.05) is 19.0 Å². The van der Waals surface area contributed by atoms with Crippen molar-refractivity contribution in [2.75, 3.05) is 33.3 Å². The van der Waals surface area contributed by atoms with Crippen molar-refractivity contribution >= 4 is 18.0 Å². The summed E-state index contributed by atoms with van der Waals surface area (Å²) in [4.78, 5) is 38.0. The van der Waals surface area contributed by atoms with Gasteiger partial charge in [0.1, 0.15) is 12.6 Å². The highest BCUT2D eigenvalue weighted by Crippen LogP contribution is 2.44. The number of carboxylic acid groups (broad SMARTS) is 1. The highest BCUT2D eigenvalue weighted by atomic mass is 16.5. The summed E-state index contributed by atoms with van der Waals surface area (Å²) < 4.78 is 5.43. The van der Waals surface area contributed by atoms with Crippen molar-refractivity contribution in [1.29, 1.82) is 0 Å². The largest absolute Gasteiger partial charge is 0.481 e. The molecule has 2 aromatic carbocycles. The fourth-order valence-electron chi connectivity index (χ4n) is 3.82. The van der Waals surface area contributed by atoms with E-state index in [1.807, 2.05) is 67.4 Å². The Hall–Kier alpha value is -3.39. The number of rotatable bonds is 10. The molecule has 0 aliphatic heterocycles. The van der Waals surface area contributed by atoms with Crippen LogP contribution < -0.4 is 10.6 Å². The summed E-state index contributed by atoms with van der Waals surface area (Å²) >= 11 is 0. The fourth-order valence-corrected chi connectivity index (χ4v) is 3.82. The van der Waals surface area contributed by atoms with Crippen molar-refractivity contribution in [1.82, 2.24) is 15.5 Å². The molecule has 0 saturated carbocycles. The molecule has 3 rings (SSSR count). The molecule has 0 saturated heterocycles. The lowest BCUT2D eigenvalue weighted by molar-refractivity contribution is -0.139. The van der Waals surface area contributed by atoms with E-state index in [-0.39, 0.29) is 12.5 Å². The zero-order chi connectivity index (χ0) is 23.1. The van der Waals surface area contributed by atoms with Gasteiger partial charge in [-0.15, -0.1) is 0 Å². The third kappa shape index (κ3) is 5.64. The van der Waals surface area contributed by atoms with Crippen LogP contribution in [0.2, 0.25) is 0 Å². The minimum atomic E-state index is -1.21. The zero-order valence-corrected chi connectivity index (χ0v) is 18.3. The molecule has 32 heavy (non-hydrogen) atoms. The number of likely N-dealkylation sites (N-methyl/N-ethyl adjacent to an activating group) is 1. The van der Waals surface area contributed by atoms with Gasteiger partial charge in [-0.25, -0.2) is 4.79 Å². The highest BCUT2D eigenvalue weighted by Gasteiger charge is 2.30. The maximum Gasteiger partial charge on any atom is 0.407 e. The molecule has 0 fully saturated rings. The van der Waals surface area contributed by atoms with Crippen LogP contribution in [-0.2, 0) is 14.3 Å². The van der Waals surface area contributed by atoms with Crippen LogP contribution in [0.15, 0.2) is 48.5 Å². The molecule has 3 N–H and O–H groups in total. The van der Waals surface area contributed by atoms with E-state index >= 15 is 0 Å². The summed E-state index contributed by atoms with van der Waals surface area (Å²) in [6.07, 6.45) is -1.35. The molecule has 0 heterocycles. The number of fused-ring (bicyclic) bond motifs is 3. The predicted molar refractivity (Wildman–Crippen MR) is 120 cm³/mol. The minimum Gasteiger partial charge on any atom is -0.481 e. The number of aliphatic carboxylic acids is 1. The summed E-state index contributed by atoms with van der Waals surface area (Å²) in [7, 11) is 1.91. The lowest BCUT2D eigenvalue weighted by Gasteiger charge is -2.19. The van der Waals surface area contributed by atoms with E-state index in [9.17, 15) is 14.4 Å². The molecule has 0 aromatic heterocycles. The second-order valence-corrected chi connectivity index (χ2v) is 7.81. The number of ether oxygens (including phenoxy) is 1. The van der Waals surface area contributed by atoms with Gasteiger partial charge in [0.15, 0.2) is 0 Å². The number of nitrogens with one attached hydrogen (secondary N) is 2. The smallest absolute Gasteiger partial charge is 0.407 e. The Kier molecular flexibility index (Phi) is 7.83. The summed E-state index contributed by atoms with van der Waals surface area (Å²) in [5.41, 5.74) is 4.36. The number of nitrogens with zero attached hydrogens (tertiary/aromatic N) is 1. The van der Waals surface area contributed by atoms with Crippen molar-refractivity contribution < 1.29 is 24.2 Å². The molecule has 1 unspecified atom stereocenters. The topological polar surface area (TPSA) is 108 Å². The SMILES string of the molecule is CCN(C)CCNC(=O)C(CC(=O)O)NC(=O)OCC1c2ccccc2-c2ccccc21. The summed E-state index contributed by atoms with van der Waals surface area (Å²) in [5, 5.41) is 14.2. The zero-order valence-electron chi connectivity index (χ0n) is 18.3. The fraction of sp³-hybridized carbons (Fsp3) is 0.375. The Bertz CT molecular complexity index is 932. The molecule has 1 atom stereocenters. The van der Waals surface area contributed by atoms with Gasteiger partial charge in [-0.2, -0.15) is 0 Å². The van der Waals surface area contributed by atoms with E-state index in [1.165, 1.54) is 0 Å². The van der Waals surface area contributed by atoms with Crippen LogP contribution >= 0.6 is 0 Å². The third-order valence-corrected chi connectivity index (χ3v) is 5.66. The first-order chi connectivity index (χ1) is 15.4. The average Bonchev–Trinajstić information content (AvgIpc) is 3.10. The molecule has 2 amide bonds. The van der Waals surface area contributed by atoms with E-state index in [4.69, 9.17) is 9.84 Å². The van der Waals surface area contributed by atoms with E-state index in [2.05, 4.69) is 10.6 Å². The first-order valence-corrected chi connectivity index (χ1v) is 10.7. The number of alkyl carbamates (subject to hydrolysis) is 1. The number of carbonyl (C=O) groups excluding carboxylic acids is 2. The van der Waals surface area contributed by atoms with Crippen molar-refractivity contribution in [2.24, 2.45) is 0 Å².